The number of piperidine rings is 1. The maximum atomic E-state index is 12.8. The number of unbranched alkanes of at least 4 members (excludes halogenated alkanes) is 1. The summed E-state index contributed by atoms with van der Waals surface area (Å²) in [6.07, 6.45) is 4.03. The van der Waals surface area contributed by atoms with Crippen molar-refractivity contribution in [2.24, 2.45) is 5.92 Å². The highest BCUT2D eigenvalue weighted by Crippen LogP contribution is 2.28. The molecule has 5 heteroatoms. The van der Waals surface area contributed by atoms with Crippen LogP contribution >= 0.6 is 0 Å². The van der Waals surface area contributed by atoms with Gasteiger partial charge in [0, 0.05) is 25.6 Å². The summed E-state index contributed by atoms with van der Waals surface area (Å²) in [5, 5.41) is 3.20. The van der Waals surface area contributed by atoms with Gasteiger partial charge in [-0.2, -0.15) is 0 Å². The molecule has 0 aliphatic carbocycles. The highest BCUT2D eigenvalue weighted by Gasteiger charge is 2.28. The number of rotatable bonds is 7. The first-order valence-corrected chi connectivity index (χ1v) is 11.2. The Labute approximate surface area is 179 Å². The number of hydrogen-bond donors (Lipinski definition) is 1. The molecule has 0 bridgehead atoms. The predicted octanol–water partition coefficient (Wildman–Crippen LogP) is 4.93. The first-order chi connectivity index (χ1) is 14.7. The standard InChI is InChI=1S/C25H32N4O/c1-3-4-16-29-23-13-9-8-12-22(23)27-25(29)28-17-14-21(15-18-28)24(30)26-19(2)20-10-6-5-7-11-20/h5-13,19,21H,3-4,14-18H2,1-2H3,(H,26,30)/t19-/m0/s1. The lowest BCUT2D eigenvalue weighted by atomic mass is 9.95. The molecule has 1 aliphatic rings. The zero-order valence-corrected chi connectivity index (χ0v) is 18.1. The number of hydrogen-bond acceptors (Lipinski definition) is 3. The summed E-state index contributed by atoms with van der Waals surface area (Å²) in [7, 11) is 0. The van der Waals surface area contributed by atoms with Crippen molar-refractivity contribution in [3.63, 3.8) is 0 Å². The average molecular weight is 405 g/mol. The van der Waals surface area contributed by atoms with Crippen LogP contribution in [0.1, 0.15) is 51.1 Å². The van der Waals surface area contributed by atoms with E-state index in [1.807, 2.05) is 24.3 Å². The fourth-order valence-electron chi connectivity index (χ4n) is 4.34. The fourth-order valence-corrected chi connectivity index (χ4v) is 4.34. The highest BCUT2D eigenvalue weighted by molar-refractivity contribution is 5.80. The lowest BCUT2D eigenvalue weighted by Crippen LogP contribution is -2.42. The minimum atomic E-state index is 0.0370. The summed E-state index contributed by atoms with van der Waals surface area (Å²) < 4.78 is 2.36. The predicted molar refractivity (Wildman–Crippen MR) is 123 cm³/mol. The number of benzene rings is 2. The van der Waals surface area contributed by atoms with Gasteiger partial charge in [-0.05, 0) is 43.9 Å². The number of para-hydroxylation sites is 2. The summed E-state index contributed by atoms with van der Waals surface area (Å²) in [6, 6.07) is 18.6. The summed E-state index contributed by atoms with van der Waals surface area (Å²) in [5.74, 6) is 1.30. The molecular formula is C25H32N4O. The van der Waals surface area contributed by atoms with Gasteiger partial charge in [0.1, 0.15) is 0 Å². The van der Waals surface area contributed by atoms with Gasteiger partial charge in [0.25, 0.3) is 0 Å². The molecule has 2 heterocycles. The Hall–Kier alpha value is -2.82. The molecule has 30 heavy (non-hydrogen) atoms. The number of fused-ring (bicyclic) bond motifs is 1. The SMILES string of the molecule is CCCCn1c(N2CCC(C(=O)N[C@@H](C)c3ccccc3)CC2)nc2ccccc21. The molecule has 5 nitrogen and oxygen atoms in total. The Balaban J connectivity index is 1.41. The molecule has 0 spiro atoms. The number of imidazole rings is 1. The van der Waals surface area contributed by atoms with Gasteiger partial charge in [-0.1, -0.05) is 55.8 Å². The first-order valence-electron chi connectivity index (χ1n) is 11.2. The van der Waals surface area contributed by atoms with Gasteiger partial charge in [0.15, 0.2) is 0 Å². The van der Waals surface area contributed by atoms with Crippen LogP contribution < -0.4 is 10.2 Å². The van der Waals surface area contributed by atoms with E-state index >= 15 is 0 Å². The number of aryl methyl sites for hydroxylation is 1. The molecule has 4 rings (SSSR count). The lowest BCUT2D eigenvalue weighted by Gasteiger charge is -2.33. The average Bonchev–Trinajstić information content (AvgIpc) is 3.17. The Bertz CT molecular complexity index is 973. The largest absolute Gasteiger partial charge is 0.349 e. The zero-order valence-electron chi connectivity index (χ0n) is 18.1. The Morgan fingerprint density at radius 2 is 1.80 bits per heavy atom. The van der Waals surface area contributed by atoms with Gasteiger partial charge >= 0.3 is 0 Å². The maximum Gasteiger partial charge on any atom is 0.223 e. The molecule has 3 aromatic rings. The molecule has 0 radical (unpaired) electrons. The second kappa shape index (κ2) is 9.33. The number of nitrogens with zero attached hydrogens (tertiary/aromatic N) is 3. The molecule has 1 atom stereocenters. The van der Waals surface area contributed by atoms with E-state index in [2.05, 4.69) is 59.0 Å². The van der Waals surface area contributed by atoms with Gasteiger partial charge in [-0.15, -0.1) is 0 Å². The highest BCUT2D eigenvalue weighted by atomic mass is 16.1. The molecule has 1 saturated heterocycles. The number of aromatic nitrogens is 2. The lowest BCUT2D eigenvalue weighted by molar-refractivity contribution is -0.126. The third-order valence-electron chi connectivity index (χ3n) is 6.18. The van der Waals surface area contributed by atoms with Crippen molar-refractivity contribution in [2.45, 2.75) is 52.1 Å². The number of amides is 1. The van der Waals surface area contributed by atoms with Crippen LogP contribution in [0.15, 0.2) is 54.6 Å². The zero-order chi connectivity index (χ0) is 20.9. The molecule has 1 amide bonds. The van der Waals surface area contributed by atoms with Gasteiger partial charge in [-0.3, -0.25) is 4.79 Å². The van der Waals surface area contributed by atoms with Crippen LogP contribution in [0.3, 0.4) is 0 Å². The van der Waals surface area contributed by atoms with Crippen molar-refractivity contribution in [1.29, 1.82) is 0 Å². The van der Waals surface area contributed by atoms with Crippen LogP contribution in [0.2, 0.25) is 0 Å². The number of nitrogens with one attached hydrogen (secondary N) is 1. The minimum Gasteiger partial charge on any atom is -0.349 e. The van der Waals surface area contributed by atoms with Crippen molar-refractivity contribution in [3.8, 4) is 0 Å². The summed E-state index contributed by atoms with van der Waals surface area (Å²) in [5.41, 5.74) is 3.41. The van der Waals surface area contributed by atoms with E-state index in [1.54, 1.807) is 0 Å². The monoisotopic (exact) mass is 404 g/mol. The van der Waals surface area contributed by atoms with E-state index in [0.717, 1.165) is 62.3 Å². The van der Waals surface area contributed by atoms with Crippen LogP contribution in [0, 0.1) is 5.92 Å². The molecule has 1 N–H and O–H groups in total. The molecule has 158 valence electrons. The van der Waals surface area contributed by atoms with E-state index in [-0.39, 0.29) is 17.9 Å². The van der Waals surface area contributed by atoms with E-state index in [1.165, 1.54) is 5.52 Å². The quantitative estimate of drug-likeness (QED) is 0.607. The normalized spacial score (nSPS) is 16.0. The smallest absolute Gasteiger partial charge is 0.223 e. The third-order valence-corrected chi connectivity index (χ3v) is 6.18. The van der Waals surface area contributed by atoms with Gasteiger partial charge < -0.3 is 14.8 Å². The molecule has 1 aliphatic heterocycles. The molecule has 1 fully saturated rings. The van der Waals surface area contributed by atoms with E-state index in [9.17, 15) is 4.79 Å². The molecule has 2 aromatic carbocycles. The van der Waals surface area contributed by atoms with Crippen molar-refractivity contribution < 1.29 is 4.79 Å². The van der Waals surface area contributed by atoms with Crippen LogP contribution in [0.5, 0.6) is 0 Å². The van der Waals surface area contributed by atoms with Crippen LogP contribution in [0.25, 0.3) is 11.0 Å². The maximum absolute atomic E-state index is 12.8. The van der Waals surface area contributed by atoms with Crippen LogP contribution in [-0.4, -0.2) is 28.5 Å². The number of anilines is 1. The van der Waals surface area contributed by atoms with E-state index in [4.69, 9.17) is 4.98 Å². The van der Waals surface area contributed by atoms with Crippen LogP contribution in [-0.2, 0) is 11.3 Å². The van der Waals surface area contributed by atoms with E-state index in [0.29, 0.717) is 0 Å². The van der Waals surface area contributed by atoms with Crippen LogP contribution in [0.4, 0.5) is 5.95 Å². The Morgan fingerprint density at radius 3 is 2.53 bits per heavy atom. The van der Waals surface area contributed by atoms with Gasteiger partial charge in [0.2, 0.25) is 11.9 Å². The fraction of sp³-hybridized carbons (Fsp3) is 0.440. The molecule has 0 unspecified atom stereocenters. The van der Waals surface area contributed by atoms with Crippen molar-refractivity contribution in [3.05, 3.63) is 60.2 Å². The Kier molecular flexibility index (Phi) is 6.36. The third kappa shape index (κ3) is 4.35. The topological polar surface area (TPSA) is 50.2 Å². The molecule has 1 aromatic heterocycles. The Morgan fingerprint density at radius 1 is 1.10 bits per heavy atom. The minimum absolute atomic E-state index is 0.0370. The van der Waals surface area contributed by atoms with Gasteiger partial charge in [0.05, 0.1) is 17.1 Å². The first kappa shape index (κ1) is 20.5. The summed E-state index contributed by atoms with van der Waals surface area (Å²) in [6.45, 7) is 7.00. The molecular weight excluding hydrogens is 372 g/mol. The van der Waals surface area contributed by atoms with E-state index < -0.39 is 0 Å². The van der Waals surface area contributed by atoms with Crippen molar-refractivity contribution >= 4 is 22.9 Å². The van der Waals surface area contributed by atoms with Crippen molar-refractivity contribution in [1.82, 2.24) is 14.9 Å². The van der Waals surface area contributed by atoms with Crippen molar-refractivity contribution in [2.75, 3.05) is 18.0 Å². The number of carbonyl (C=O) groups excluding carboxylic acids is 1. The molecule has 0 saturated carbocycles. The number of carbonyl (C=O) groups is 1. The second-order valence-corrected chi connectivity index (χ2v) is 8.31. The second-order valence-electron chi connectivity index (χ2n) is 8.31. The van der Waals surface area contributed by atoms with Gasteiger partial charge in [-0.25, -0.2) is 4.98 Å². The summed E-state index contributed by atoms with van der Waals surface area (Å²) in [4.78, 5) is 20.1. The summed E-state index contributed by atoms with van der Waals surface area (Å²) >= 11 is 0.